The van der Waals surface area contributed by atoms with Crippen molar-refractivity contribution in [2.24, 2.45) is 0 Å². The van der Waals surface area contributed by atoms with Crippen molar-refractivity contribution in [2.45, 2.75) is 30.3 Å². The molecule has 2 heterocycles. The SMILES string of the molecule is CS(=O)(=O)c1cccc(CC(NC(=O)c2c(Cl)cc3c(c2O)CCN(C(=O)c2ccc4c(c2)OCC=C4)C3)C(=O)O)c1. The Labute approximate surface area is 247 Å². The summed E-state index contributed by atoms with van der Waals surface area (Å²) >= 11 is 6.42. The summed E-state index contributed by atoms with van der Waals surface area (Å²) in [7, 11) is -3.51. The molecule has 0 radical (unpaired) electrons. The third kappa shape index (κ3) is 5.97. The summed E-state index contributed by atoms with van der Waals surface area (Å²) in [4.78, 5) is 40.0. The number of phenolic OH excluding ortho intramolecular Hbond substituents is 1. The molecule has 3 aromatic carbocycles. The Bertz CT molecular complexity index is 1750. The lowest BCUT2D eigenvalue weighted by Crippen LogP contribution is -2.42. The van der Waals surface area contributed by atoms with Crippen LogP contribution in [0.25, 0.3) is 6.08 Å². The molecule has 42 heavy (non-hydrogen) atoms. The monoisotopic (exact) mass is 610 g/mol. The van der Waals surface area contributed by atoms with Gasteiger partial charge in [0.2, 0.25) is 0 Å². The van der Waals surface area contributed by atoms with Crippen LogP contribution in [0.2, 0.25) is 5.02 Å². The summed E-state index contributed by atoms with van der Waals surface area (Å²) in [5.41, 5.74) is 2.47. The van der Waals surface area contributed by atoms with Gasteiger partial charge in [0.15, 0.2) is 9.84 Å². The topological polar surface area (TPSA) is 150 Å². The largest absolute Gasteiger partial charge is 0.507 e. The molecule has 1 unspecified atom stereocenters. The molecule has 0 aromatic heterocycles. The van der Waals surface area contributed by atoms with Crippen molar-refractivity contribution < 1.29 is 37.8 Å². The molecule has 5 rings (SSSR count). The first-order valence-electron chi connectivity index (χ1n) is 13.0. The van der Waals surface area contributed by atoms with Gasteiger partial charge in [0.05, 0.1) is 15.5 Å². The number of hydrogen-bond acceptors (Lipinski definition) is 7. The van der Waals surface area contributed by atoms with Gasteiger partial charge in [-0.05, 0) is 54.0 Å². The maximum absolute atomic E-state index is 13.3. The van der Waals surface area contributed by atoms with Crippen LogP contribution in [0.3, 0.4) is 0 Å². The fourth-order valence-electron chi connectivity index (χ4n) is 5.06. The number of phenols is 1. The van der Waals surface area contributed by atoms with Crippen molar-refractivity contribution in [3.8, 4) is 11.5 Å². The van der Waals surface area contributed by atoms with Gasteiger partial charge in [0, 0.05) is 42.5 Å². The Hall–Kier alpha value is -4.35. The Kier molecular flexibility index (Phi) is 7.98. The first-order chi connectivity index (χ1) is 19.9. The molecule has 0 aliphatic carbocycles. The lowest BCUT2D eigenvalue weighted by Gasteiger charge is -2.30. The van der Waals surface area contributed by atoms with E-state index < -0.39 is 27.8 Å². The predicted octanol–water partition coefficient (Wildman–Crippen LogP) is 3.48. The highest BCUT2D eigenvalue weighted by Gasteiger charge is 2.30. The smallest absolute Gasteiger partial charge is 0.326 e. The van der Waals surface area contributed by atoms with Gasteiger partial charge in [-0.3, -0.25) is 9.59 Å². The van der Waals surface area contributed by atoms with Crippen molar-refractivity contribution in [1.82, 2.24) is 10.2 Å². The van der Waals surface area contributed by atoms with Gasteiger partial charge in [-0.15, -0.1) is 0 Å². The van der Waals surface area contributed by atoms with Gasteiger partial charge < -0.3 is 25.2 Å². The molecule has 2 aliphatic rings. The number of halogens is 1. The van der Waals surface area contributed by atoms with Crippen LogP contribution in [-0.4, -0.2) is 66.8 Å². The lowest BCUT2D eigenvalue weighted by atomic mass is 9.94. The molecule has 12 heteroatoms. The summed E-state index contributed by atoms with van der Waals surface area (Å²) in [6.07, 6.45) is 4.90. The average molecular weight is 611 g/mol. The number of aromatic hydroxyl groups is 1. The molecule has 1 atom stereocenters. The van der Waals surface area contributed by atoms with Gasteiger partial charge >= 0.3 is 5.97 Å². The molecule has 218 valence electrons. The summed E-state index contributed by atoms with van der Waals surface area (Å²) < 4.78 is 29.4. The number of nitrogens with zero attached hydrogens (tertiary/aromatic N) is 1. The molecule has 2 aliphatic heterocycles. The third-order valence-corrected chi connectivity index (χ3v) is 8.63. The number of aliphatic carboxylic acids is 1. The summed E-state index contributed by atoms with van der Waals surface area (Å²) in [6, 6.07) is 11.1. The minimum atomic E-state index is -3.51. The fraction of sp³-hybridized carbons (Fsp3) is 0.233. The van der Waals surface area contributed by atoms with Crippen LogP contribution in [0.5, 0.6) is 11.5 Å². The van der Waals surface area contributed by atoms with E-state index in [0.717, 1.165) is 11.8 Å². The van der Waals surface area contributed by atoms with Gasteiger partial charge in [-0.25, -0.2) is 13.2 Å². The molecule has 0 saturated heterocycles. The van der Waals surface area contributed by atoms with E-state index in [1.807, 2.05) is 18.2 Å². The number of nitrogens with one attached hydrogen (secondary N) is 1. The maximum atomic E-state index is 13.3. The normalized spacial score (nSPS) is 14.8. The number of sulfone groups is 1. The van der Waals surface area contributed by atoms with Gasteiger partial charge in [0.25, 0.3) is 11.8 Å². The van der Waals surface area contributed by atoms with Crippen molar-refractivity contribution in [3.05, 3.63) is 93.0 Å². The average Bonchev–Trinajstić information content (AvgIpc) is 2.95. The number of carbonyl (C=O) groups excluding carboxylic acids is 2. The first kappa shape index (κ1) is 29.2. The highest BCUT2D eigenvalue weighted by Crippen LogP contribution is 2.36. The van der Waals surface area contributed by atoms with Crippen LogP contribution in [0.4, 0.5) is 0 Å². The molecule has 0 fully saturated rings. The van der Waals surface area contributed by atoms with Crippen LogP contribution in [0.15, 0.2) is 59.5 Å². The third-order valence-electron chi connectivity index (χ3n) is 7.22. The number of amides is 2. The van der Waals surface area contributed by atoms with E-state index in [-0.39, 0.29) is 53.1 Å². The van der Waals surface area contributed by atoms with E-state index in [2.05, 4.69) is 5.32 Å². The fourth-order valence-corrected chi connectivity index (χ4v) is 6.06. The number of carboxylic acids is 1. The maximum Gasteiger partial charge on any atom is 0.326 e. The van der Waals surface area contributed by atoms with Crippen LogP contribution in [-0.2, 0) is 34.0 Å². The summed E-state index contributed by atoms with van der Waals surface area (Å²) in [5.74, 6) is -2.21. The number of ether oxygens (including phenoxy) is 1. The summed E-state index contributed by atoms with van der Waals surface area (Å²) in [6.45, 7) is 0.850. The van der Waals surface area contributed by atoms with Crippen molar-refractivity contribution >= 4 is 45.3 Å². The molecule has 3 N–H and O–H groups in total. The molecule has 2 amide bonds. The van der Waals surface area contributed by atoms with Gasteiger partial charge in [0.1, 0.15) is 24.1 Å². The molecule has 3 aromatic rings. The van der Waals surface area contributed by atoms with Crippen molar-refractivity contribution in [1.29, 1.82) is 0 Å². The van der Waals surface area contributed by atoms with E-state index in [1.165, 1.54) is 24.3 Å². The zero-order valence-corrected chi connectivity index (χ0v) is 24.0. The number of carbonyl (C=O) groups is 3. The first-order valence-corrected chi connectivity index (χ1v) is 15.3. The number of hydrogen-bond donors (Lipinski definition) is 3. The Balaban J connectivity index is 1.34. The quantitative estimate of drug-likeness (QED) is 0.368. The molecule has 10 nitrogen and oxygen atoms in total. The minimum Gasteiger partial charge on any atom is -0.507 e. The van der Waals surface area contributed by atoms with Crippen molar-refractivity contribution in [3.63, 3.8) is 0 Å². The van der Waals surface area contributed by atoms with Crippen LogP contribution in [0, 0.1) is 0 Å². The molecule has 0 spiro atoms. The lowest BCUT2D eigenvalue weighted by molar-refractivity contribution is -0.139. The zero-order valence-electron chi connectivity index (χ0n) is 22.5. The van der Waals surface area contributed by atoms with E-state index in [9.17, 15) is 33.0 Å². The standard InChI is InChI=1S/C30H27ClN2O8S/c1-42(39,40)21-6-2-4-17(12-21)13-24(30(37)38)32-28(35)26-23(31)14-20-16-33(10-9-22(20)27(26)34)29(36)19-8-7-18-5-3-11-41-25(18)15-19/h2-8,12,14-15,24,34H,9-11,13,16H2,1H3,(H,32,35)(H,37,38). The molecular weight excluding hydrogens is 584 g/mol. The Morgan fingerprint density at radius 2 is 1.93 bits per heavy atom. The van der Waals surface area contributed by atoms with Gasteiger partial charge in [-0.1, -0.05) is 35.9 Å². The number of rotatable bonds is 7. The van der Waals surface area contributed by atoms with Crippen LogP contribution in [0.1, 0.15) is 43.0 Å². The minimum absolute atomic E-state index is 0.0236. The predicted molar refractivity (Wildman–Crippen MR) is 155 cm³/mol. The van der Waals surface area contributed by atoms with E-state index in [0.29, 0.717) is 34.6 Å². The van der Waals surface area contributed by atoms with Gasteiger partial charge in [-0.2, -0.15) is 0 Å². The van der Waals surface area contributed by atoms with Crippen molar-refractivity contribution in [2.75, 3.05) is 19.4 Å². The molecule has 0 saturated carbocycles. The highest BCUT2D eigenvalue weighted by molar-refractivity contribution is 7.90. The second-order valence-corrected chi connectivity index (χ2v) is 12.6. The second kappa shape index (κ2) is 11.5. The number of benzene rings is 3. The molecular formula is C30H27ClN2O8S. The zero-order chi connectivity index (χ0) is 30.2. The van der Waals surface area contributed by atoms with E-state index in [1.54, 1.807) is 23.1 Å². The summed E-state index contributed by atoms with van der Waals surface area (Å²) in [5, 5.41) is 23.1. The van der Waals surface area contributed by atoms with Crippen LogP contribution >= 0.6 is 11.6 Å². The van der Waals surface area contributed by atoms with Crippen LogP contribution < -0.4 is 10.1 Å². The number of carboxylic acid groups (broad SMARTS) is 1. The van der Waals surface area contributed by atoms with E-state index >= 15 is 0 Å². The molecule has 0 bridgehead atoms. The Morgan fingerprint density at radius 3 is 2.67 bits per heavy atom. The number of fused-ring (bicyclic) bond motifs is 2. The Morgan fingerprint density at radius 1 is 1.14 bits per heavy atom. The highest BCUT2D eigenvalue weighted by atomic mass is 35.5. The second-order valence-electron chi connectivity index (χ2n) is 10.2. The van der Waals surface area contributed by atoms with E-state index in [4.69, 9.17) is 16.3 Å².